The Balaban J connectivity index is 1.81. The number of nitrogens with zero attached hydrogens (tertiary/aromatic N) is 4. The smallest absolute Gasteiger partial charge is 0.220 e. The Morgan fingerprint density at radius 2 is 1.95 bits per heavy atom. The molecule has 1 aromatic carbocycles. The lowest BCUT2D eigenvalue weighted by Gasteiger charge is -2.21. The lowest BCUT2D eigenvalue weighted by molar-refractivity contribution is 0.402. The summed E-state index contributed by atoms with van der Waals surface area (Å²) in [6.45, 7) is 0. The highest BCUT2D eigenvalue weighted by molar-refractivity contribution is 7.98. The number of rotatable bonds is 3. The van der Waals surface area contributed by atoms with Gasteiger partial charge in [0.25, 0.3) is 5.78 Å². The van der Waals surface area contributed by atoms with Gasteiger partial charge >= 0.3 is 0 Å². The van der Waals surface area contributed by atoms with E-state index in [1.54, 1.807) is 11.8 Å². The van der Waals surface area contributed by atoms with Crippen LogP contribution in [-0.4, -0.2) is 25.8 Å². The van der Waals surface area contributed by atoms with Crippen LogP contribution in [0.1, 0.15) is 31.0 Å². The van der Waals surface area contributed by atoms with Crippen LogP contribution < -0.4 is 0 Å². The maximum Gasteiger partial charge on any atom is 0.252 e. The maximum atomic E-state index is 4.69. The molecule has 4 rings (SSSR count). The van der Waals surface area contributed by atoms with Gasteiger partial charge in [0.2, 0.25) is 0 Å². The zero-order chi connectivity index (χ0) is 14.2. The normalized spacial score (nSPS) is 15.3. The number of aromatic nitrogens is 4. The first-order valence-electron chi connectivity index (χ1n) is 7.21. The standard InChI is InChI=1S/C16H16N4S/c1-21-13-7-5-11(6-8-13)14-9-10-17-16-18-15(19-20(14)16)12-3-2-4-12/h5-10,12H,2-4H2,1H3. The summed E-state index contributed by atoms with van der Waals surface area (Å²) in [6, 6.07) is 10.5. The molecular weight excluding hydrogens is 280 g/mol. The molecule has 2 aromatic heterocycles. The molecule has 4 nitrogen and oxygen atoms in total. The molecule has 0 saturated heterocycles. The lowest BCUT2D eigenvalue weighted by atomic mass is 9.85. The molecule has 3 aromatic rings. The third kappa shape index (κ3) is 2.21. The van der Waals surface area contributed by atoms with Crippen LogP contribution in [0, 0.1) is 0 Å². The van der Waals surface area contributed by atoms with E-state index in [2.05, 4.69) is 40.5 Å². The Morgan fingerprint density at radius 1 is 1.14 bits per heavy atom. The van der Waals surface area contributed by atoms with Crippen LogP contribution >= 0.6 is 11.8 Å². The Labute approximate surface area is 127 Å². The molecule has 0 N–H and O–H groups in total. The van der Waals surface area contributed by atoms with E-state index in [0.717, 1.165) is 17.1 Å². The summed E-state index contributed by atoms with van der Waals surface area (Å²) in [5.74, 6) is 2.17. The quantitative estimate of drug-likeness (QED) is 0.690. The number of fused-ring (bicyclic) bond motifs is 1. The molecule has 0 bridgehead atoms. The van der Waals surface area contributed by atoms with Crippen LogP contribution in [0.15, 0.2) is 41.4 Å². The SMILES string of the molecule is CSc1ccc(-c2ccnc3nc(C4CCC4)nn23)cc1. The largest absolute Gasteiger partial charge is 0.252 e. The highest BCUT2D eigenvalue weighted by Crippen LogP contribution is 2.34. The van der Waals surface area contributed by atoms with Crippen molar-refractivity contribution in [1.29, 1.82) is 0 Å². The van der Waals surface area contributed by atoms with Crippen LogP contribution in [0.5, 0.6) is 0 Å². The first-order valence-corrected chi connectivity index (χ1v) is 8.44. The minimum atomic E-state index is 0.526. The van der Waals surface area contributed by atoms with E-state index in [1.807, 2.05) is 16.8 Å². The zero-order valence-corrected chi connectivity index (χ0v) is 12.7. The number of hydrogen-bond donors (Lipinski definition) is 0. The van der Waals surface area contributed by atoms with Gasteiger partial charge in [-0.1, -0.05) is 18.6 Å². The van der Waals surface area contributed by atoms with Crippen molar-refractivity contribution >= 4 is 17.5 Å². The molecule has 21 heavy (non-hydrogen) atoms. The summed E-state index contributed by atoms with van der Waals surface area (Å²) in [4.78, 5) is 10.2. The van der Waals surface area contributed by atoms with Crippen molar-refractivity contribution in [3.8, 4) is 11.3 Å². The van der Waals surface area contributed by atoms with E-state index < -0.39 is 0 Å². The van der Waals surface area contributed by atoms with E-state index in [0.29, 0.717) is 11.7 Å². The minimum absolute atomic E-state index is 0.526. The van der Waals surface area contributed by atoms with Gasteiger partial charge in [-0.25, -0.2) is 4.98 Å². The second-order valence-electron chi connectivity index (χ2n) is 5.37. The summed E-state index contributed by atoms with van der Waals surface area (Å²) in [6.07, 6.45) is 7.59. The van der Waals surface area contributed by atoms with Crippen LogP contribution in [0.4, 0.5) is 0 Å². The van der Waals surface area contributed by atoms with Crippen molar-refractivity contribution in [3.63, 3.8) is 0 Å². The average Bonchev–Trinajstić information content (AvgIpc) is 2.88. The van der Waals surface area contributed by atoms with Gasteiger partial charge in [-0.15, -0.1) is 16.9 Å². The van der Waals surface area contributed by atoms with Crippen LogP contribution in [-0.2, 0) is 0 Å². The minimum Gasteiger partial charge on any atom is -0.220 e. The third-order valence-electron chi connectivity index (χ3n) is 4.11. The molecule has 0 amide bonds. The fourth-order valence-electron chi connectivity index (χ4n) is 2.63. The van der Waals surface area contributed by atoms with Gasteiger partial charge in [-0.05, 0) is 37.3 Å². The summed E-state index contributed by atoms with van der Waals surface area (Å²) < 4.78 is 1.88. The van der Waals surface area contributed by atoms with Crippen LogP contribution in [0.25, 0.3) is 17.0 Å². The van der Waals surface area contributed by atoms with Crippen molar-refractivity contribution in [2.45, 2.75) is 30.1 Å². The first kappa shape index (κ1) is 12.8. The molecule has 1 aliphatic carbocycles. The third-order valence-corrected chi connectivity index (χ3v) is 4.86. The Kier molecular flexibility index (Phi) is 3.15. The van der Waals surface area contributed by atoms with Gasteiger partial charge in [-0.2, -0.15) is 9.50 Å². The second-order valence-corrected chi connectivity index (χ2v) is 6.25. The maximum absolute atomic E-state index is 4.69. The summed E-state index contributed by atoms with van der Waals surface area (Å²) in [7, 11) is 0. The highest BCUT2D eigenvalue weighted by atomic mass is 32.2. The topological polar surface area (TPSA) is 43.1 Å². The monoisotopic (exact) mass is 296 g/mol. The highest BCUT2D eigenvalue weighted by Gasteiger charge is 2.24. The van der Waals surface area contributed by atoms with Crippen molar-refractivity contribution in [2.24, 2.45) is 0 Å². The van der Waals surface area contributed by atoms with Gasteiger partial charge in [0, 0.05) is 22.6 Å². The van der Waals surface area contributed by atoms with Crippen LogP contribution in [0.2, 0.25) is 0 Å². The average molecular weight is 296 g/mol. The Bertz CT molecular complexity index is 775. The molecule has 1 fully saturated rings. The number of thioether (sulfide) groups is 1. The van der Waals surface area contributed by atoms with Gasteiger partial charge in [0.15, 0.2) is 5.82 Å². The molecule has 0 atom stereocenters. The number of hydrogen-bond acceptors (Lipinski definition) is 4. The molecule has 0 radical (unpaired) electrons. The van der Waals surface area contributed by atoms with Gasteiger partial charge in [-0.3, -0.25) is 0 Å². The summed E-state index contributed by atoms with van der Waals surface area (Å²) in [5, 5.41) is 4.69. The Morgan fingerprint density at radius 3 is 2.62 bits per heavy atom. The molecule has 0 unspecified atom stereocenters. The summed E-state index contributed by atoms with van der Waals surface area (Å²) >= 11 is 1.75. The first-order chi connectivity index (χ1) is 10.3. The predicted molar refractivity (Wildman–Crippen MR) is 84.6 cm³/mol. The molecule has 1 aliphatic rings. The lowest BCUT2D eigenvalue weighted by Crippen LogP contribution is -2.10. The van der Waals surface area contributed by atoms with Gasteiger partial charge < -0.3 is 0 Å². The molecular formula is C16H16N4S. The molecule has 2 heterocycles. The van der Waals surface area contributed by atoms with E-state index in [4.69, 9.17) is 5.10 Å². The number of benzene rings is 1. The second kappa shape index (κ2) is 5.15. The van der Waals surface area contributed by atoms with E-state index in [9.17, 15) is 0 Å². The van der Waals surface area contributed by atoms with E-state index in [1.165, 1.54) is 24.2 Å². The van der Waals surface area contributed by atoms with Gasteiger partial charge in [0.1, 0.15) is 0 Å². The zero-order valence-electron chi connectivity index (χ0n) is 11.9. The van der Waals surface area contributed by atoms with Gasteiger partial charge in [0.05, 0.1) is 5.69 Å². The molecule has 0 spiro atoms. The fourth-order valence-corrected chi connectivity index (χ4v) is 3.04. The molecule has 0 aliphatic heterocycles. The Hall–Kier alpha value is -1.88. The van der Waals surface area contributed by atoms with E-state index >= 15 is 0 Å². The summed E-state index contributed by atoms with van der Waals surface area (Å²) in [5.41, 5.74) is 2.19. The van der Waals surface area contributed by atoms with Crippen molar-refractivity contribution in [3.05, 3.63) is 42.4 Å². The molecule has 106 valence electrons. The van der Waals surface area contributed by atoms with E-state index in [-0.39, 0.29) is 0 Å². The fraction of sp³-hybridized carbons (Fsp3) is 0.312. The molecule has 1 saturated carbocycles. The molecule has 5 heteroatoms. The van der Waals surface area contributed by atoms with Crippen molar-refractivity contribution in [2.75, 3.05) is 6.26 Å². The van der Waals surface area contributed by atoms with Crippen LogP contribution in [0.3, 0.4) is 0 Å². The van der Waals surface area contributed by atoms with Crippen molar-refractivity contribution < 1.29 is 0 Å². The predicted octanol–water partition coefficient (Wildman–Crippen LogP) is 3.78. The van der Waals surface area contributed by atoms with Crippen molar-refractivity contribution in [1.82, 2.24) is 19.6 Å².